The van der Waals surface area contributed by atoms with E-state index >= 15 is 0 Å². The van der Waals surface area contributed by atoms with Gasteiger partial charge in [-0.15, -0.1) is 0 Å². The molecule has 0 aromatic heterocycles. The molecule has 11 heteroatoms. The fourth-order valence-electron chi connectivity index (χ4n) is 3.33. The maximum absolute atomic E-state index is 14.5. The second-order valence-corrected chi connectivity index (χ2v) is 6.36. The van der Waals surface area contributed by atoms with E-state index in [2.05, 4.69) is 9.47 Å². The Hall–Kier alpha value is -2.17. The van der Waals surface area contributed by atoms with Gasteiger partial charge in [0.25, 0.3) is 0 Å². The first-order valence-electron chi connectivity index (χ1n) is 8.02. The Morgan fingerprint density at radius 3 is 2.32 bits per heavy atom. The quantitative estimate of drug-likeness (QED) is 0.536. The number of esters is 1. The van der Waals surface area contributed by atoms with Crippen molar-refractivity contribution in [2.75, 3.05) is 14.2 Å². The summed E-state index contributed by atoms with van der Waals surface area (Å²) in [6, 6.07) is 1.88. The van der Waals surface area contributed by atoms with Gasteiger partial charge in [-0.25, -0.2) is 4.79 Å². The molecule has 1 aliphatic rings. The minimum absolute atomic E-state index is 0.169. The standard InChI is InChI=1S/C17H18F6O5/c1-7-10(13(14(24)26-4)28-16(7,2)17(21,22)23)8-5-6-9(27-15(19)20)11(18)12(8)25-3/h5-7,10,13,15H,1-4H3/t7-,10-,13+,16+/m0/s1. The van der Waals surface area contributed by atoms with Crippen molar-refractivity contribution in [3.63, 3.8) is 0 Å². The Kier molecular flexibility index (Phi) is 6.07. The van der Waals surface area contributed by atoms with Gasteiger partial charge in [-0.3, -0.25) is 0 Å². The summed E-state index contributed by atoms with van der Waals surface area (Å²) < 4.78 is 98.7. The topological polar surface area (TPSA) is 54.0 Å². The lowest BCUT2D eigenvalue weighted by atomic mass is 9.77. The molecular formula is C17H18F6O5. The van der Waals surface area contributed by atoms with Crippen LogP contribution in [0.15, 0.2) is 12.1 Å². The van der Waals surface area contributed by atoms with Crippen LogP contribution in [0.4, 0.5) is 26.3 Å². The Bertz CT molecular complexity index is 737. The van der Waals surface area contributed by atoms with E-state index in [4.69, 9.17) is 9.47 Å². The molecule has 1 fully saturated rings. The molecule has 1 heterocycles. The molecule has 0 saturated carbocycles. The van der Waals surface area contributed by atoms with Gasteiger partial charge in [0.15, 0.2) is 23.2 Å². The van der Waals surface area contributed by atoms with Gasteiger partial charge in [-0.2, -0.15) is 26.3 Å². The second kappa shape index (κ2) is 7.69. The highest BCUT2D eigenvalue weighted by atomic mass is 19.4. The first-order chi connectivity index (χ1) is 12.9. The fourth-order valence-corrected chi connectivity index (χ4v) is 3.33. The lowest BCUT2D eigenvalue weighted by Crippen LogP contribution is -2.47. The number of alkyl halides is 5. The molecular weight excluding hydrogens is 398 g/mol. The van der Waals surface area contributed by atoms with Crippen LogP contribution < -0.4 is 9.47 Å². The average molecular weight is 416 g/mol. The highest BCUT2D eigenvalue weighted by molar-refractivity contribution is 5.77. The van der Waals surface area contributed by atoms with E-state index < -0.39 is 59.6 Å². The molecule has 0 aliphatic carbocycles. The van der Waals surface area contributed by atoms with Gasteiger partial charge in [0.2, 0.25) is 5.82 Å². The van der Waals surface area contributed by atoms with E-state index in [-0.39, 0.29) is 5.56 Å². The van der Waals surface area contributed by atoms with E-state index in [1.54, 1.807) is 0 Å². The van der Waals surface area contributed by atoms with Gasteiger partial charge in [0.05, 0.1) is 14.2 Å². The van der Waals surface area contributed by atoms with Gasteiger partial charge < -0.3 is 18.9 Å². The first-order valence-corrected chi connectivity index (χ1v) is 8.02. The molecule has 0 amide bonds. The maximum Gasteiger partial charge on any atom is 0.417 e. The Labute approximate surface area is 156 Å². The predicted octanol–water partition coefficient (Wildman–Crippen LogP) is 4.05. The van der Waals surface area contributed by atoms with Crippen LogP contribution in [-0.4, -0.2) is 44.7 Å². The van der Waals surface area contributed by atoms with Crippen LogP contribution >= 0.6 is 0 Å². The Morgan fingerprint density at radius 1 is 1.25 bits per heavy atom. The van der Waals surface area contributed by atoms with E-state index in [1.165, 1.54) is 6.92 Å². The first kappa shape index (κ1) is 22.1. The molecule has 0 radical (unpaired) electrons. The summed E-state index contributed by atoms with van der Waals surface area (Å²) in [5, 5.41) is 0. The van der Waals surface area contributed by atoms with E-state index in [1.807, 2.05) is 0 Å². The number of rotatable bonds is 5. The third kappa shape index (κ3) is 3.59. The zero-order chi connectivity index (χ0) is 21.4. The van der Waals surface area contributed by atoms with Crippen molar-refractivity contribution in [2.24, 2.45) is 5.92 Å². The number of halogens is 6. The third-order valence-electron chi connectivity index (χ3n) is 4.97. The third-order valence-corrected chi connectivity index (χ3v) is 4.97. The average Bonchev–Trinajstić information content (AvgIpc) is 2.88. The molecule has 28 heavy (non-hydrogen) atoms. The molecule has 0 unspecified atom stereocenters. The number of hydrogen-bond acceptors (Lipinski definition) is 5. The van der Waals surface area contributed by atoms with E-state index in [9.17, 15) is 31.1 Å². The molecule has 1 aromatic rings. The van der Waals surface area contributed by atoms with Gasteiger partial charge in [0.1, 0.15) is 0 Å². The van der Waals surface area contributed by atoms with Crippen molar-refractivity contribution in [1.82, 2.24) is 0 Å². The van der Waals surface area contributed by atoms with Crippen LogP contribution in [0.2, 0.25) is 0 Å². The van der Waals surface area contributed by atoms with Gasteiger partial charge in [0, 0.05) is 17.4 Å². The van der Waals surface area contributed by atoms with Crippen LogP contribution in [0.25, 0.3) is 0 Å². The minimum atomic E-state index is -4.85. The molecule has 0 bridgehead atoms. The van der Waals surface area contributed by atoms with Crippen LogP contribution in [0.3, 0.4) is 0 Å². The Balaban J connectivity index is 2.62. The molecule has 2 rings (SSSR count). The minimum Gasteiger partial charge on any atom is -0.493 e. The summed E-state index contributed by atoms with van der Waals surface area (Å²) in [5.74, 6) is -6.61. The molecule has 158 valence electrons. The number of ether oxygens (including phenoxy) is 4. The summed E-state index contributed by atoms with van der Waals surface area (Å²) in [5.41, 5.74) is -2.91. The predicted molar refractivity (Wildman–Crippen MR) is 82.8 cm³/mol. The van der Waals surface area contributed by atoms with Crippen LogP contribution in [0.5, 0.6) is 11.5 Å². The zero-order valence-corrected chi connectivity index (χ0v) is 15.3. The molecule has 1 saturated heterocycles. The highest BCUT2D eigenvalue weighted by Crippen LogP contribution is 2.55. The molecule has 4 atom stereocenters. The van der Waals surface area contributed by atoms with Crippen molar-refractivity contribution in [1.29, 1.82) is 0 Å². The molecule has 0 spiro atoms. The normalized spacial score (nSPS) is 27.8. The van der Waals surface area contributed by atoms with Crippen LogP contribution in [0.1, 0.15) is 25.3 Å². The Morgan fingerprint density at radius 2 is 1.86 bits per heavy atom. The fraction of sp³-hybridized carbons (Fsp3) is 0.588. The molecule has 1 aliphatic heterocycles. The lowest BCUT2D eigenvalue weighted by molar-refractivity contribution is -0.274. The van der Waals surface area contributed by atoms with E-state index in [0.717, 1.165) is 33.3 Å². The van der Waals surface area contributed by atoms with Crippen LogP contribution in [-0.2, 0) is 14.3 Å². The number of methoxy groups -OCH3 is 2. The summed E-state index contributed by atoms with van der Waals surface area (Å²) in [4.78, 5) is 12.1. The van der Waals surface area contributed by atoms with Crippen molar-refractivity contribution in [3.8, 4) is 11.5 Å². The van der Waals surface area contributed by atoms with Crippen molar-refractivity contribution in [2.45, 2.75) is 44.3 Å². The van der Waals surface area contributed by atoms with Crippen molar-refractivity contribution >= 4 is 5.97 Å². The summed E-state index contributed by atoms with van der Waals surface area (Å²) in [6.45, 7) is -1.37. The largest absolute Gasteiger partial charge is 0.493 e. The van der Waals surface area contributed by atoms with Gasteiger partial charge in [-0.05, 0) is 13.0 Å². The number of carbonyl (C=O) groups is 1. The summed E-state index contributed by atoms with van der Waals surface area (Å²) in [7, 11) is 1.97. The molecule has 5 nitrogen and oxygen atoms in total. The van der Waals surface area contributed by atoms with Crippen molar-refractivity contribution < 1.29 is 50.1 Å². The van der Waals surface area contributed by atoms with Crippen molar-refractivity contribution in [3.05, 3.63) is 23.5 Å². The lowest BCUT2D eigenvalue weighted by Gasteiger charge is -2.32. The monoisotopic (exact) mass is 416 g/mol. The zero-order valence-electron chi connectivity index (χ0n) is 15.3. The number of carbonyl (C=O) groups excluding carboxylic acids is 1. The molecule has 1 aromatic carbocycles. The van der Waals surface area contributed by atoms with Gasteiger partial charge in [-0.1, -0.05) is 13.0 Å². The smallest absolute Gasteiger partial charge is 0.417 e. The summed E-state index contributed by atoms with van der Waals surface area (Å²) >= 11 is 0. The number of benzene rings is 1. The SMILES string of the molecule is COC(=O)[C@@H]1O[C@@](C)(C(F)(F)F)[C@@H](C)[C@H]1c1ccc(OC(F)F)c(F)c1OC. The number of hydrogen-bond donors (Lipinski definition) is 0. The van der Waals surface area contributed by atoms with E-state index in [0.29, 0.717) is 0 Å². The maximum atomic E-state index is 14.5. The second-order valence-electron chi connectivity index (χ2n) is 6.36. The highest BCUT2D eigenvalue weighted by Gasteiger charge is 2.66. The van der Waals surface area contributed by atoms with Gasteiger partial charge >= 0.3 is 18.8 Å². The molecule has 0 N–H and O–H groups in total. The summed E-state index contributed by atoms with van der Waals surface area (Å²) in [6.07, 6.45) is -6.57. The van der Waals surface area contributed by atoms with Crippen LogP contribution in [0, 0.1) is 11.7 Å².